The van der Waals surface area contributed by atoms with Crippen LogP contribution in [0, 0.1) is 5.41 Å². The standard InChI is InChI=1S/C4H8N2O/c1-4(7-2)6-3-5/h3,5H,1-2H3. The van der Waals surface area contributed by atoms with Crippen LogP contribution in [0.2, 0.25) is 0 Å². The first-order chi connectivity index (χ1) is 3.31. The first kappa shape index (κ1) is 6.14. The Morgan fingerprint density at radius 1 is 1.86 bits per heavy atom. The molecule has 40 valence electrons. The summed E-state index contributed by atoms with van der Waals surface area (Å²) in [6.45, 7) is 1.69. The normalized spacial score (nSPS) is 10.9. The minimum Gasteiger partial charge on any atom is -0.484 e. The molecule has 1 N–H and O–H groups in total. The summed E-state index contributed by atoms with van der Waals surface area (Å²) in [6.07, 6.45) is 0.943. The molecule has 0 amide bonds. The van der Waals surface area contributed by atoms with E-state index >= 15 is 0 Å². The van der Waals surface area contributed by atoms with Crippen LogP contribution >= 0.6 is 0 Å². The maximum Gasteiger partial charge on any atom is 0.185 e. The van der Waals surface area contributed by atoms with Crippen molar-refractivity contribution in [1.82, 2.24) is 0 Å². The molecule has 0 radical (unpaired) electrons. The van der Waals surface area contributed by atoms with Crippen LogP contribution in [0.1, 0.15) is 6.92 Å². The Bertz CT molecular complexity index is 87.7. The summed E-state index contributed by atoms with van der Waals surface area (Å²) in [7, 11) is 1.52. The molecule has 0 saturated carbocycles. The summed E-state index contributed by atoms with van der Waals surface area (Å²) in [6, 6.07) is 0. The van der Waals surface area contributed by atoms with E-state index in [2.05, 4.69) is 9.73 Å². The lowest BCUT2D eigenvalue weighted by Gasteiger charge is -1.90. The minimum absolute atomic E-state index is 0.509. The van der Waals surface area contributed by atoms with Crippen LogP contribution in [0.5, 0.6) is 0 Å². The van der Waals surface area contributed by atoms with Crippen LogP contribution in [0.15, 0.2) is 4.99 Å². The minimum atomic E-state index is 0.509. The van der Waals surface area contributed by atoms with E-state index in [-0.39, 0.29) is 0 Å². The monoisotopic (exact) mass is 100 g/mol. The van der Waals surface area contributed by atoms with Gasteiger partial charge in [-0.2, -0.15) is 0 Å². The van der Waals surface area contributed by atoms with Gasteiger partial charge in [0.15, 0.2) is 5.90 Å². The average Bonchev–Trinajstić information content (AvgIpc) is 1.68. The molecule has 3 heteroatoms. The largest absolute Gasteiger partial charge is 0.484 e. The quantitative estimate of drug-likeness (QED) is 0.382. The molecule has 0 aromatic rings. The van der Waals surface area contributed by atoms with Gasteiger partial charge in [0.25, 0.3) is 0 Å². The van der Waals surface area contributed by atoms with E-state index in [0.717, 1.165) is 6.34 Å². The highest BCUT2D eigenvalue weighted by Gasteiger charge is 1.76. The molecule has 0 atom stereocenters. The zero-order chi connectivity index (χ0) is 5.70. The number of hydrogen-bond donors (Lipinski definition) is 1. The van der Waals surface area contributed by atoms with E-state index in [4.69, 9.17) is 5.41 Å². The van der Waals surface area contributed by atoms with Crippen LogP contribution in [-0.4, -0.2) is 19.3 Å². The van der Waals surface area contributed by atoms with Crippen molar-refractivity contribution in [3.63, 3.8) is 0 Å². The van der Waals surface area contributed by atoms with Gasteiger partial charge in [0.05, 0.1) is 7.11 Å². The fourth-order valence-corrected chi connectivity index (χ4v) is 0.144. The highest BCUT2D eigenvalue weighted by atomic mass is 16.5. The van der Waals surface area contributed by atoms with Gasteiger partial charge in [0, 0.05) is 6.92 Å². The van der Waals surface area contributed by atoms with Gasteiger partial charge >= 0.3 is 0 Å². The van der Waals surface area contributed by atoms with Crippen LogP contribution in [0.4, 0.5) is 0 Å². The molecule has 0 fully saturated rings. The second-order valence-electron chi connectivity index (χ2n) is 0.981. The lowest BCUT2D eigenvalue weighted by atomic mass is 10.8. The molecule has 0 spiro atoms. The van der Waals surface area contributed by atoms with Crippen molar-refractivity contribution < 1.29 is 4.74 Å². The zero-order valence-corrected chi connectivity index (χ0v) is 4.43. The first-order valence-electron chi connectivity index (χ1n) is 1.88. The third-order valence-electron chi connectivity index (χ3n) is 0.542. The van der Waals surface area contributed by atoms with E-state index in [1.165, 1.54) is 7.11 Å². The smallest absolute Gasteiger partial charge is 0.185 e. The number of aliphatic imine (C=N–C) groups is 1. The van der Waals surface area contributed by atoms with Crippen molar-refractivity contribution in [2.75, 3.05) is 7.11 Å². The van der Waals surface area contributed by atoms with Crippen molar-refractivity contribution in [3.8, 4) is 0 Å². The number of nitrogens with one attached hydrogen (secondary N) is 1. The number of ether oxygens (including phenoxy) is 1. The van der Waals surface area contributed by atoms with Crippen molar-refractivity contribution in [3.05, 3.63) is 0 Å². The number of rotatable bonds is 1. The molecule has 0 bridgehead atoms. The van der Waals surface area contributed by atoms with Gasteiger partial charge in [-0.1, -0.05) is 0 Å². The van der Waals surface area contributed by atoms with Crippen molar-refractivity contribution >= 4 is 12.2 Å². The lowest BCUT2D eigenvalue weighted by Crippen LogP contribution is -1.92. The molecule has 0 aromatic heterocycles. The summed E-state index contributed by atoms with van der Waals surface area (Å²) in [4.78, 5) is 3.48. The number of methoxy groups -OCH3 is 1. The Hall–Kier alpha value is -0.860. The summed E-state index contributed by atoms with van der Waals surface area (Å²) < 4.78 is 4.59. The Balaban J connectivity index is 3.49. The molecule has 0 aliphatic carbocycles. The Morgan fingerprint density at radius 2 is 2.43 bits per heavy atom. The van der Waals surface area contributed by atoms with Crippen LogP contribution in [0.25, 0.3) is 0 Å². The van der Waals surface area contributed by atoms with Gasteiger partial charge in [0.2, 0.25) is 0 Å². The van der Waals surface area contributed by atoms with E-state index < -0.39 is 0 Å². The Labute approximate surface area is 42.5 Å². The topological polar surface area (TPSA) is 45.4 Å². The van der Waals surface area contributed by atoms with Gasteiger partial charge in [-0.05, 0) is 0 Å². The Morgan fingerprint density at radius 3 is 2.57 bits per heavy atom. The molecule has 0 aliphatic heterocycles. The molecule has 3 nitrogen and oxygen atoms in total. The van der Waals surface area contributed by atoms with E-state index in [9.17, 15) is 0 Å². The fourth-order valence-electron chi connectivity index (χ4n) is 0.144. The predicted octanol–water partition coefficient (Wildman–Crippen LogP) is 0.658. The zero-order valence-electron chi connectivity index (χ0n) is 4.43. The molecule has 0 unspecified atom stereocenters. The van der Waals surface area contributed by atoms with Crippen molar-refractivity contribution in [2.45, 2.75) is 6.92 Å². The van der Waals surface area contributed by atoms with Crippen molar-refractivity contribution in [2.24, 2.45) is 4.99 Å². The van der Waals surface area contributed by atoms with E-state index in [0.29, 0.717) is 5.90 Å². The summed E-state index contributed by atoms with van der Waals surface area (Å²) in [5.41, 5.74) is 0. The highest BCUT2D eigenvalue weighted by molar-refractivity contribution is 5.80. The number of hydrogen-bond acceptors (Lipinski definition) is 2. The van der Waals surface area contributed by atoms with Gasteiger partial charge in [-0.15, -0.1) is 0 Å². The van der Waals surface area contributed by atoms with Gasteiger partial charge in [-0.3, -0.25) is 5.41 Å². The summed E-state index contributed by atoms with van der Waals surface area (Å²) in [5.74, 6) is 0.509. The lowest BCUT2D eigenvalue weighted by molar-refractivity contribution is 0.401. The van der Waals surface area contributed by atoms with Crippen LogP contribution in [-0.2, 0) is 4.74 Å². The fraction of sp³-hybridized carbons (Fsp3) is 0.500. The second-order valence-corrected chi connectivity index (χ2v) is 0.981. The van der Waals surface area contributed by atoms with Gasteiger partial charge < -0.3 is 4.74 Å². The third-order valence-corrected chi connectivity index (χ3v) is 0.542. The number of nitrogens with zero attached hydrogens (tertiary/aromatic N) is 1. The first-order valence-corrected chi connectivity index (χ1v) is 1.88. The average molecular weight is 100 g/mol. The van der Waals surface area contributed by atoms with Crippen LogP contribution in [0.3, 0.4) is 0 Å². The van der Waals surface area contributed by atoms with Gasteiger partial charge in [0.1, 0.15) is 6.34 Å². The highest BCUT2D eigenvalue weighted by Crippen LogP contribution is 1.71. The maximum absolute atomic E-state index is 6.44. The summed E-state index contributed by atoms with van der Waals surface area (Å²) in [5, 5.41) is 6.44. The molecule has 0 heterocycles. The molecular formula is C4H8N2O. The molecule has 0 rings (SSSR count). The molecule has 7 heavy (non-hydrogen) atoms. The second kappa shape index (κ2) is 3.33. The predicted molar refractivity (Wildman–Crippen MR) is 28.9 cm³/mol. The molecular weight excluding hydrogens is 92.1 g/mol. The Kier molecular flexibility index (Phi) is 2.92. The van der Waals surface area contributed by atoms with Crippen molar-refractivity contribution in [1.29, 1.82) is 5.41 Å². The maximum atomic E-state index is 6.44. The van der Waals surface area contributed by atoms with E-state index in [1.54, 1.807) is 6.92 Å². The van der Waals surface area contributed by atoms with Gasteiger partial charge in [-0.25, -0.2) is 4.99 Å². The van der Waals surface area contributed by atoms with Crippen LogP contribution < -0.4 is 0 Å². The molecule has 0 saturated heterocycles. The third kappa shape index (κ3) is 2.96. The summed E-state index contributed by atoms with van der Waals surface area (Å²) >= 11 is 0. The SMILES string of the molecule is COC(C)=NC=N. The molecule has 0 aromatic carbocycles. The van der Waals surface area contributed by atoms with E-state index in [1.807, 2.05) is 0 Å². The molecule has 0 aliphatic rings.